The van der Waals surface area contributed by atoms with E-state index in [9.17, 15) is 4.79 Å². The number of carbonyl (C=O) groups excluding carboxylic acids is 1. The number of likely N-dealkylation sites (N-methyl/N-ethyl adjacent to an activating group) is 1. The van der Waals surface area contributed by atoms with Crippen molar-refractivity contribution in [1.82, 2.24) is 10.2 Å². The van der Waals surface area contributed by atoms with Crippen molar-refractivity contribution in [2.45, 2.75) is 26.3 Å². The van der Waals surface area contributed by atoms with Gasteiger partial charge in [-0.2, -0.15) is 11.8 Å². The van der Waals surface area contributed by atoms with Gasteiger partial charge in [0.25, 0.3) is 0 Å². The van der Waals surface area contributed by atoms with Gasteiger partial charge in [0.15, 0.2) is 0 Å². The first-order valence-corrected chi connectivity index (χ1v) is 6.82. The second-order valence-corrected chi connectivity index (χ2v) is 5.35. The molecule has 0 bridgehead atoms. The molecular formula is C11H24N2OS. The normalized spacial score (nSPS) is 12.9. The number of amides is 1. The lowest BCUT2D eigenvalue weighted by atomic mass is 10.1. The van der Waals surface area contributed by atoms with E-state index < -0.39 is 0 Å². The molecule has 15 heavy (non-hydrogen) atoms. The first kappa shape index (κ1) is 14.8. The third-order valence-electron chi connectivity index (χ3n) is 2.12. The van der Waals surface area contributed by atoms with Gasteiger partial charge in [0, 0.05) is 14.1 Å². The predicted molar refractivity (Wildman–Crippen MR) is 68.3 cm³/mol. The molecule has 0 aliphatic carbocycles. The number of rotatable bonds is 7. The van der Waals surface area contributed by atoms with E-state index in [4.69, 9.17) is 0 Å². The molecule has 0 aromatic rings. The Kier molecular flexibility index (Phi) is 7.88. The Morgan fingerprint density at radius 2 is 2.00 bits per heavy atom. The van der Waals surface area contributed by atoms with Crippen LogP contribution in [0.3, 0.4) is 0 Å². The summed E-state index contributed by atoms with van der Waals surface area (Å²) in [6.07, 6.45) is 2.98. The molecule has 0 aromatic carbocycles. The largest absolute Gasteiger partial charge is 0.347 e. The minimum Gasteiger partial charge on any atom is -0.347 e. The summed E-state index contributed by atoms with van der Waals surface area (Å²) in [6.45, 7) is 5.20. The Morgan fingerprint density at radius 3 is 2.40 bits per heavy atom. The molecule has 90 valence electrons. The summed E-state index contributed by atoms with van der Waals surface area (Å²) in [6, 6.07) is -0.0187. The maximum atomic E-state index is 11.8. The molecule has 1 N–H and O–H groups in total. The van der Waals surface area contributed by atoms with Crippen LogP contribution in [0.1, 0.15) is 20.3 Å². The summed E-state index contributed by atoms with van der Waals surface area (Å²) >= 11 is 1.78. The van der Waals surface area contributed by atoms with Gasteiger partial charge < -0.3 is 10.2 Å². The number of hydrogen-bond donors (Lipinski definition) is 1. The highest BCUT2D eigenvalue weighted by atomic mass is 32.2. The van der Waals surface area contributed by atoms with Gasteiger partial charge in [-0.15, -0.1) is 0 Å². The van der Waals surface area contributed by atoms with Gasteiger partial charge in [0.1, 0.15) is 0 Å². The summed E-state index contributed by atoms with van der Waals surface area (Å²) in [4.78, 5) is 13.5. The molecule has 0 aromatic heterocycles. The number of carbonyl (C=O) groups is 1. The zero-order valence-electron chi connectivity index (χ0n) is 10.5. The summed E-state index contributed by atoms with van der Waals surface area (Å²) in [5.74, 6) is 1.79. The van der Waals surface area contributed by atoms with E-state index in [1.807, 2.05) is 14.1 Å². The third-order valence-corrected chi connectivity index (χ3v) is 2.77. The minimum atomic E-state index is -0.0187. The first-order valence-electron chi connectivity index (χ1n) is 5.42. The molecule has 0 spiro atoms. The second-order valence-electron chi connectivity index (χ2n) is 4.37. The van der Waals surface area contributed by atoms with Crippen LogP contribution in [0.25, 0.3) is 0 Å². The molecule has 0 rings (SSSR count). The van der Waals surface area contributed by atoms with Crippen LogP contribution in [-0.2, 0) is 4.79 Å². The van der Waals surface area contributed by atoms with Crippen LogP contribution < -0.4 is 5.32 Å². The molecule has 0 aliphatic heterocycles. The van der Waals surface area contributed by atoms with Crippen molar-refractivity contribution in [1.29, 1.82) is 0 Å². The third kappa shape index (κ3) is 6.79. The molecule has 0 heterocycles. The average Bonchev–Trinajstić information content (AvgIpc) is 2.16. The van der Waals surface area contributed by atoms with Gasteiger partial charge in [-0.1, -0.05) is 13.8 Å². The van der Waals surface area contributed by atoms with Crippen LogP contribution in [0.5, 0.6) is 0 Å². The lowest BCUT2D eigenvalue weighted by Gasteiger charge is -2.22. The molecule has 0 saturated heterocycles. The van der Waals surface area contributed by atoms with E-state index in [-0.39, 0.29) is 11.9 Å². The van der Waals surface area contributed by atoms with Crippen LogP contribution in [0.4, 0.5) is 0 Å². The van der Waals surface area contributed by atoms with Gasteiger partial charge in [0.2, 0.25) is 5.91 Å². The van der Waals surface area contributed by atoms with Crippen molar-refractivity contribution >= 4 is 17.7 Å². The molecule has 0 radical (unpaired) electrons. The quantitative estimate of drug-likeness (QED) is 0.721. The smallest absolute Gasteiger partial charge is 0.239 e. The number of nitrogens with zero attached hydrogens (tertiary/aromatic N) is 1. The summed E-state index contributed by atoms with van der Waals surface area (Å²) < 4.78 is 0. The molecule has 3 nitrogen and oxygen atoms in total. The molecule has 0 aliphatic rings. The number of nitrogens with one attached hydrogen (secondary N) is 1. The summed E-state index contributed by atoms with van der Waals surface area (Å²) in [7, 11) is 3.62. The van der Waals surface area contributed by atoms with E-state index in [0.29, 0.717) is 5.92 Å². The lowest BCUT2D eigenvalue weighted by molar-refractivity contribution is -0.131. The van der Waals surface area contributed by atoms with Crippen LogP contribution in [0.2, 0.25) is 0 Å². The highest BCUT2D eigenvalue weighted by molar-refractivity contribution is 7.98. The number of thioether (sulfide) groups is 1. The van der Waals surface area contributed by atoms with Crippen molar-refractivity contribution in [3.63, 3.8) is 0 Å². The Labute approximate surface area is 98.0 Å². The Bertz CT molecular complexity index is 183. The molecule has 1 amide bonds. The van der Waals surface area contributed by atoms with Crippen molar-refractivity contribution < 1.29 is 4.79 Å². The lowest BCUT2D eigenvalue weighted by Crippen LogP contribution is -2.45. The van der Waals surface area contributed by atoms with E-state index in [1.165, 1.54) is 0 Å². The molecule has 0 saturated carbocycles. The van der Waals surface area contributed by atoms with E-state index in [0.717, 1.165) is 18.7 Å². The van der Waals surface area contributed by atoms with Gasteiger partial charge in [0.05, 0.1) is 6.04 Å². The fourth-order valence-electron chi connectivity index (χ4n) is 1.24. The van der Waals surface area contributed by atoms with Crippen molar-refractivity contribution in [3.05, 3.63) is 0 Å². The minimum absolute atomic E-state index is 0.0187. The zero-order chi connectivity index (χ0) is 11.8. The highest BCUT2D eigenvalue weighted by Gasteiger charge is 2.18. The van der Waals surface area contributed by atoms with Gasteiger partial charge in [-0.25, -0.2) is 0 Å². The molecule has 0 fully saturated rings. The van der Waals surface area contributed by atoms with Crippen molar-refractivity contribution in [2.24, 2.45) is 5.92 Å². The maximum Gasteiger partial charge on any atom is 0.239 e. The van der Waals surface area contributed by atoms with Crippen LogP contribution in [-0.4, -0.2) is 49.5 Å². The summed E-state index contributed by atoms with van der Waals surface area (Å²) in [5.41, 5.74) is 0. The maximum absolute atomic E-state index is 11.8. The standard InChI is InChI=1S/C11H24N2OS/c1-9(2)8-12-10(6-7-15-5)11(14)13(3)4/h9-10,12H,6-8H2,1-5H3. The van der Waals surface area contributed by atoms with Gasteiger partial charge >= 0.3 is 0 Å². The van der Waals surface area contributed by atoms with Crippen molar-refractivity contribution in [2.75, 3.05) is 32.6 Å². The Balaban J connectivity index is 4.11. The number of hydrogen-bond acceptors (Lipinski definition) is 3. The Hall–Kier alpha value is -0.220. The second kappa shape index (κ2) is 7.99. The molecular weight excluding hydrogens is 208 g/mol. The highest BCUT2D eigenvalue weighted by Crippen LogP contribution is 2.04. The first-order chi connectivity index (χ1) is 6.99. The van der Waals surface area contributed by atoms with Crippen molar-refractivity contribution in [3.8, 4) is 0 Å². The van der Waals surface area contributed by atoms with E-state index >= 15 is 0 Å². The predicted octanol–water partition coefficient (Wildman–Crippen LogP) is 1.44. The SMILES string of the molecule is CSCCC(NCC(C)C)C(=O)N(C)C. The van der Waals surface area contributed by atoms with Gasteiger partial charge in [-0.05, 0) is 30.9 Å². The van der Waals surface area contributed by atoms with Gasteiger partial charge in [-0.3, -0.25) is 4.79 Å². The fourth-order valence-corrected chi connectivity index (χ4v) is 1.71. The summed E-state index contributed by atoms with van der Waals surface area (Å²) in [5, 5.41) is 3.33. The molecule has 1 atom stereocenters. The van der Waals surface area contributed by atoms with Crippen LogP contribution in [0.15, 0.2) is 0 Å². The van der Waals surface area contributed by atoms with E-state index in [2.05, 4.69) is 25.4 Å². The zero-order valence-corrected chi connectivity index (χ0v) is 11.4. The van der Waals surface area contributed by atoms with Crippen LogP contribution in [0, 0.1) is 5.92 Å². The monoisotopic (exact) mass is 232 g/mol. The molecule has 1 unspecified atom stereocenters. The van der Waals surface area contributed by atoms with E-state index in [1.54, 1.807) is 16.7 Å². The fraction of sp³-hybridized carbons (Fsp3) is 0.909. The Morgan fingerprint density at radius 1 is 1.40 bits per heavy atom. The topological polar surface area (TPSA) is 32.3 Å². The van der Waals surface area contributed by atoms with Crippen LogP contribution >= 0.6 is 11.8 Å². The molecule has 4 heteroatoms. The average molecular weight is 232 g/mol.